The molecule has 1 heterocycles. The highest BCUT2D eigenvalue weighted by Crippen LogP contribution is 2.35. The first-order chi connectivity index (χ1) is 8.74. The molecule has 0 N–H and O–H groups in total. The molecule has 2 aromatic rings. The molecule has 2 nitrogen and oxygen atoms in total. The van der Waals surface area contributed by atoms with E-state index in [0.29, 0.717) is 16.3 Å². The van der Waals surface area contributed by atoms with E-state index >= 15 is 0 Å². The molecular formula is C15H9ClO2. The van der Waals surface area contributed by atoms with Gasteiger partial charge in [0.15, 0.2) is 0 Å². The Kier molecular flexibility index (Phi) is 2.65. The minimum absolute atomic E-state index is 0.323. The number of carbonyl (C=O) groups is 1. The van der Waals surface area contributed by atoms with E-state index in [9.17, 15) is 4.79 Å². The summed E-state index contributed by atoms with van der Waals surface area (Å²) >= 11 is 5.92. The van der Waals surface area contributed by atoms with Crippen LogP contribution in [0, 0.1) is 0 Å². The summed E-state index contributed by atoms with van der Waals surface area (Å²) in [6, 6.07) is 14.7. The number of carbonyl (C=O) groups excluding carboxylic acids is 1. The smallest absolute Gasteiger partial charge is 0.344 e. The van der Waals surface area contributed by atoms with Gasteiger partial charge >= 0.3 is 5.97 Å². The Bertz CT molecular complexity index is 659. The number of hydrogen-bond acceptors (Lipinski definition) is 2. The molecule has 1 aliphatic heterocycles. The quantitative estimate of drug-likeness (QED) is 0.441. The van der Waals surface area contributed by atoms with Gasteiger partial charge in [0.25, 0.3) is 0 Å². The van der Waals surface area contributed by atoms with E-state index < -0.39 is 0 Å². The Balaban J connectivity index is 2.10. The van der Waals surface area contributed by atoms with Crippen molar-refractivity contribution in [2.75, 3.05) is 0 Å². The van der Waals surface area contributed by atoms with Gasteiger partial charge in [-0.15, -0.1) is 0 Å². The van der Waals surface area contributed by atoms with Gasteiger partial charge in [0.2, 0.25) is 0 Å². The Morgan fingerprint density at radius 3 is 2.72 bits per heavy atom. The van der Waals surface area contributed by atoms with Crippen LogP contribution >= 0.6 is 11.6 Å². The monoisotopic (exact) mass is 256 g/mol. The average molecular weight is 257 g/mol. The Labute approximate surface area is 109 Å². The van der Waals surface area contributed by atoms with Crippen LogP contribution in [0.2, 0.25) is 5.02 Å². The predicted molar refractivity (Wildman–Crippen MR) is 71.4 cm³/mol. The first kappa shape index (κ1) is 11.1. The van der Waals surface area contributed by atoms with Crippen LogP contribution in [0.15, 0.2) is 48.5 Å². The number of esters is 1. The third kappa shape index (κ3) is 1.91. The lowest BCUT2D eigenvalue weighted by atomic mass is 10.0. The number of ether oxygens (including phenoxy) is 1. The molecule has 0 saturated carbocycles. The molecule has 3 heteroatoms. The summed E-state index contributed by atoms with van der Waals surface area (Å²) in [4.78, 5) is 11.8. The van der Waals surface area contributed by atoms with Crippen LogP contribution in [0.1, 0.15) is 11.1 Å². The molecule has 2 aromatic carbocycles. The Hall–Kier alpha value is -2.06. The van der Waals surface area contributed by atoms with Gasteiger partial charge in [-0.05, 0) is 29.8 Å². The van der Waals surface area contributed by atoms with Crippen LogP contribution in [0.25, 0.3) is 11.6 Å². The number of rotatable bonds is 1. The molecule has 88 valence electrons. The fourth-order valence-corrected chi connectivity index (χ4v) is 2.14. The first-order valence-corrected chi connectivity index (χ1v) is 5.91. The Morgan fingerprint density at radius 1 is 1.06 bits per heavy atom. The first-order valence-electron chi connectivity index (χ1n) is 5.53. The van der Waals surface area contributed by atoms with Crippen molar-refractivity contribution >= 4 is 29.2 Å². The van der Waals surface area contributed by atoms with E-state index in [1.165, 1.54) is 0 Å². The van der Waals surface area contributed by atoms with E-state index in [0.717, 1.165) is 11.1 Å². The zero-order valence-corrected chi connectivity index (χ0v) is 10.1. The van der Waals surface area contributed by atoms with Gasteiger partial charge in [0.05, 0.1) is 5.57 Å². The summed E-state index contributed by atoms with van der Waals surface area (Å²) in [6.07, 6.45) is 1.79. The maximum Gasteiger partial charge on any atom is 0.344 e. The third-order valence-corrected chi connectivity index (χ3v) is 2.99. The van der Waals surface area contributed by atoms with Gasteiger partial charge in [-0.1, -0.05) is 41.9 Å². The summed E-state index contributed by atoms with van der Waals surface area (Å²) in [6.45, 7) is 0. The van der Waals surface area contributed by atoms with Crippen LogP contribution in [0.4, 0.5) is 0 Å². The number of halogens is 1. The maximum absolute atomic E-state index is 11.8. The lowest BCUT2D eigenvalue weighted by Crippen LogP contribution is -2.00. The molecule has 0 saturated heterocycles. The van der Waals surface area contributed by atoms with E-state index in [1.807, 2.05) is 36.4 Å². The van der Waals surface area contributed by atoms with E-state index in [2.05, 4.69) is 0 Å². The molecule has 1 aliphatic rings. The van der Waals surface area contributed by atoms with Crippen molar-refractivity contribution in [1.82, 2.24) is 0 Å². The number of fused-ring (bicyclic) bond motifs is 1. The zero-order valence-electron chi connectivity index (χ0n) is 9.39. The molecule has 18 heavy (non-hydrogen) atoms. The van der Waals surface area contributed by atoms with Crippen LogP contribution in [0.5, 0.6) is 5.75 Å². The summed E-state index contributed by atoms with van der Waals surface area (Å²) < 4.78 is 5.18. The highest BCUT2D eigenvalue weighted by atomic mass is 35.5. The fraction of sp³-hybridized carbons (Fsp3) is 0. The molecule has 0 spiro atoms. The highest BCUT2D eigenvalue weighted by molar-refractivity contribution is 6.31. The van der Waals surface area contributed by atoms with Crippen LogP contribution in [-0.2, 0) is 4.79 Å². The number of benzene rings is 2. The lowest BCUT2D eigenvalue weighted by Gasteiger charge is -1.97. The van der Waals surface area contributed by atoms with Crippen LogP contribution < -0.4 is 4.74 Å². The van der Waals surface area contributed by atoms with E-state index in [-0.39, 0.29) is 5.97 Å². The van der Waals surface area contributed by atoms with Gasteiger partial charge in [0.1, 0.15) is 5.75 Å². The Morgan fingerprint density at radius 2 is 1.89 bits per heavy atom. The topological polar surface area (TPSA) is 26.3 Å². The molecule has 0 radical (unpaired) electrons. The van der Waals surface area contributed by atoms with Gasteiger partial charge < -0.3 is 4.74 Å². The summed E-state index contributed by atoms with van der Waals surface area (Å²) in [7, 11) is 0. The van der Waals surface area contributed by atoms with Gasteiger partial charge in [-0.3, -0.25) is 0 Å². The average Bonchev–Trinajstić information content (AvgIpc) is 2.66. The molecule has 0 bridgehead atoms. The standard InChI is InChI=1S/C15H9ClO2/c16-11-5-3-4-10(8-11)9-13-12-6-1-2-7-14(12)18-15(13)17/h1-9H/b13-9-. The van der Waals surface area contributed by atoms with Crippen molar-refractivity contribution in [2.24, 2.45) is 0 Å². The van der Waals surface area contributed by atoms with Gasteiger partial charge in [-0.25, -0.2) is 4.79 Å². The second kappa shape index (κ2) is 4.31. The maximum atomic E-state index is 11.8. The minimum Gasteiger partial charge on any atom is -0.422 e. The normalized spacial score (nSPS) is 15.6. The molecule has 3 rings (SSSR count). The fourth-order valence-electron chi connectivity index (χ4n) is 1.94. The van der Waals surface area contributed by atoms with Crippen molar-refractivity contribution in [2.45, 2.75) is 0 Å². The highest BCUT2D eigenvalue weighted by Gasteiger charge is 2.25. The summed E-state index contributed by atoms with van der Waals surface area (Å²) in [5.74, 6) is 0.284. The second-order valence-corrected chi connectivity index (χ2v) is 4.44. The zero-order chi connectivity index (χ0) is 12.5. The molecule has 0 unspecified atom stereocenters. The molecule has 0 aliphatic carbocycles. The van der Waals surface area contributed by atoms with Crippen molar-refractivity contribution in [3.8, 4) is 5.75 Å². The third-order valence-electron chi connectivity index (χ3n) is 2.76. The largest absolute Gasteiger partial charge is 0.422 e. The van der Waals surface area contributed by atoms with E-state index in [4.69, 9.17) is 16.3 Å². The van der Waals surface area contributed by atoms with Gasteiger partial charge in [-0.2, -0.15) is 0 Å². The lowest BCUT2D eigenvalue weighted by molar-refractivity contribution is -0.126. The molecule has 0 atom stereocenters. The molecule has 0 aromatic heterocycles. The van der Waals surface area contributed by atoms with Gasteiger partial charge in [0, 0.05) is 10.6 Å². The second-order valence-electron chi connectivity index (χ2n) is 4.00. The number of hydrogen-bond donors (Lipinski definition) is 0. The van der Waals surface area contributed by atoms with Crippen LogP contribution in [0.3, 0.4) is 0 Å². The SMILES string of the molecule is O=C1Oc2ccccc2/C1=C/c1cccc(Cl)c1. The molecule has 0 amide bonds. The summed E-state index contributed by atoms with van der Waals surface area (Å²) in [5, 5.41) is 0.643. The molecule has 0 fully saturated rings. The minimum atomic E-state index is -0.323. The van der Waals surface area contributed by atoms with Crippen molar-refractivity contribution in [3.63, 3.8) is 0 Å². The van der Waals surface area contributed by atoms with Crippen LogP contribution in [-0.4, -0.2) is 5.97 Å². The van der Waals surface area contributed by atoms with Crippen molar-refractivity contribution < 1.29 is 9.53 Å². The predicted octanol–water partition coefficient (Wildman–Crippen LogP) is 3.80. The molecular weight excluding hydrogens is 248 g/mol. The van der Waals surface area contributed by atoms with E-state index in [1.54, 1.807) is 18.2 Å². The van der Waals surface area contributed by atoms with Crippen molar-refractivity contribution in [3.05, 3.63) is 64.7 Å². The van der Waals surface area contributed by atoms with Crippen molar-refractivity contribution in [1.29, 1.82) is 0 Å². The number of para-hydroxylation sites is 1. The summed E-state index contributed by atoms with van der Waals surface area (Å²) in [5.41, 5.74) is 2.27.